The van der Waals surface area contributed by atoms with Crippen LogP contribution in [0.25, 0.3) is 0 Å². The van der Waals surface area contributed by atoms with Crippen molar-refractivity contribution >= 4 is 17.3 Å². The molecule has 0 saturated heterocycles. The number of nitrogens with zero attached hydrogens (tertiary/aromatic N) is 2. The molecule has 0 aromatic heterocycles. The van der Waals surface area contributed by atoms with E-state index in [2.05, 4.69) is 0 Å². The summed E-state index contributed by atoms with van der Waals surface area (Å²) in [5, 5.41) is 19.7. The molecule has 1 N–H and O–H groups in total. The maximum atomic E-state index is 13.0. The molecule has 0 atom stereocenters. The van der Waals surface area contributed by atoms with E-state index < -0.39 is 28.9 Å². The van der Waals surface area contributed by atoms with Crippen LogP contribution in [0.4, 0.5) is 15.8 Å². The van der Waals surface area contributed by atoms with Crippen molar-refractivity contribution in [3.63, 3.8) is 0 Å². The lowest BCUT2D eigenvalue weighted by Gasteiger charge is -2.22. The van der Waals surface area contributed by atoms with Gasteiger partial charge >= 0.3 is 5.97 Å². The lowest BCUT2D eigenvalue weighted by molar-refractivity contribution is -0.384. The lowest BCUT2D eigenvalue weighted by Crippen LogP contribution is -2.33. The largest absolute Gasteiger partial charge is 0.480 e. The molecule has 0 radical (unpaired) electrons. The zero-order valence-corrected chi connectivity index (χ0v) is 10.2. The molecule has 0 aliphatic carbocycles. The van der Waals surface area contributed by atoms with Gasteiger partial charge in [-0.25, -0.2) is 4.39 Å². The zero-order valence-electron chi connectivity index (χ0n) is 10.2. The molecule has 104 valence electrons. The van der Waals surface area contributed by atoms with Crippen LogP contribution in [0.15, 0.2) is 18.2 Å². The highest BCUT2D eigenvalue weighted by Crippen LogP contribution is 2.28. The highest BCUT2D eigenvalue weighted by molar-refractivity contribution is 5.76. The van der Waals surface area contributed by atoms with Gasteiger partial charge in [-0.15, -0.1) is 0 Å². The van der Waals surface area contributed by atoms with Crippen LogP contribution in [0, 0.1) is 15.9 Å². The second-order valence-corrected chi connectivity index (χ2v) is 3.70. The Balaban J connectivity index is 3.12. The van der Waals surface area contributed by atoms with Crippen LogP contribution in [0.2, 0.25) is 0 Å². The molecule has 1 aromatic rings. The Kier molecular flexibility index (Phi) is 5.19. The molecule has 1 rings (SSSR count). The van der Waals surface area contributed by atoms with Crippen LogP contribution in [0.3, 0.4) is 0 Å². The summed E-state index contributed by atoms with van der Waals surface area (Å²) in [7, 11) is 1.43. The molecular weight excluding hydrogens is 259 g/mol. The summed E-state index contributed by atoms with van der Waals surface area (Å²) in [6.45, 7) is -0.0904. The van der Waals surface area contributed by atoms with Crippen LogP contribution < -0.4 is 4.90 Å². The van der Waals surface area contributed by atoms with E-state index in [9.17, 15) is 19.3 Å². The molecule has 1 aromatic carbocycles. The number of carboxylic acids is 1. The third-order valence-corrected chi connectivity index (χ3v) is 2.37. The minimum Gasteiger partial charge on any atom is -0.480 e. The molecule has 0 heterocycles. The van der Waals surface area contributed by atoms with Crippen LogP contribution in [0.5, 0.6) is 0 Å². The topological polar surface area (TPSA) is 92.9 Å². The highest BCUT2D eigenvalue weighted by atomic mass is 19.1. The highest BCUT2D eigenvalue weighted by Gasteiger charge is 2.21. The molecular formula is C11H13FN2O5. The quantitative estimate of drug-likeness (QED) is 0.593. The molecule has 8 heteroatoms. The van der Waals surface area contributed by atoms with Crippen molar-refractivity contribution in [2.45, 2.75) is 0 Å². The van der Waals surface area contributed by atoms with Gasteiger partial charge in [0.05, 0.1) is 17.6 Å². The molecule has 0 fully saturated rings. The van der Waals surface area contributed by atoms with Gasteiger partial charge in [0.15, 0.2) is 0 Å². The first-order chi connectivity index (χ1) is 8.95. The minimum atomic E-state index is -1.14. The Bertz CT molecular complexity index is 480. The van der Waals surface area contributed by atoms with Gasteiger partial charge in [0, 0.05) is 13.7 Å². The summed E-state index contributed by atoms with van der Waals surface area (Å²) in [5.41, 5.74) is -0.428. The second-order valence-electron chi connectivity index (χ2n) is 3.70. The molecule has 0 unspecified atom stereocenters. The first-order valence-electron chi connectivity index (χ1n) is 5.35. The average molecular weight is 272 g/mol. The fraction of sp³-hybridized carbons (Fsp3) is 0.364. The normalized spacial score (nSPS) is 10.2. The molecule has 7 nitrogen and oxygen atoms in total. The van der Waals surface area contributed by atoms with Crippen molar-refractivity contribution in [1.29, 1.82) is 0 Å². The summed E-state index contributed by atoms with van der Waals surface area (Å²) in [6, 6.07) is 2.99. The molecule has 0 spiro atoms. The number of hydrogen-bond donors (Lipinski definition) is 1. The molecule has 0 aliphatic rings. The number of nitro benzene ring substituents is 1. The minimum absolute atomic E-state index is 0.0471. The van der Waals surface area contributed by atoms with Crippen molar-refractivity contribution in [2.24, 2.45) is 0 Å². The third kappa shape index (κ3) is 4.18. The van der Waals surface area contributed by atoms with Crippen LogP contribution in [-0.4, -0.2) is 42.8 Å². The summed E-state index contributed by atoms with van der Waals surface area (Å²) >= 11 is 0. The van der Waals surface area contributed by atoms with E-state index in [4.69, 9.17) is 9.84 Å². The van der Waals surface area contributed by atoms with Gasteiger partial charge in [-0.2, -0.15) is 0 Å². The van der Waals surface area contributed by atoms with Gasteiger partial charge in [-0.3, -0.25) is 14.9 Å². The first-order valence-corrected chi connectivity index (χ1v) is 5.35. The first kappa shape index (κ1) is 14.8. The van der Waals surface area contributed by atoms with Crippen LogP contribution >= 0.6 is 0 Å². The number of aliphatic carboxylic acids is 1. The Morgan fingerprint density at radius 3 is 2.79 bits per heavy atom. The number of hydrogen-bond acceptors (Lipinski definition) is 5. The SMILES string of the molecule is COCCN(CC(=O)O)c1ccc(F)cc1[N+](=O)[O-]. The van der Waals surface area contributed by atoms with Gasteiger partial charge in [0.1, 0.15) is 18.0 Å². The van der Waals surface area contributed by atoms with Gasteiger partial charge in [-0.05, 0) is 12.1 Å². The average Bonchev–Trinajstić information content (AvgIpc) is 2.34. The number of nitro groups is 1. The number of halogens is 1. The van der Waals surface area contributed by atoms with E-state index in [1.807, 2.05) is 0 Å². The van der Waals surface area contributed by atoms with Gasteiger partial charge < -0.3 is 14.7 Å². The van der Waals surface area contributed by atoms with Gasteiger partial charge in [-0.1, -0.05) is 0 Å². The van der Waals surface area contributed by atoms with Crippen molar-refractivity contribution in [2.75, 3.05) is 31.7 Å². The molecule has 19 heavy (non-hydrogen) atoms. The Labute approximate surface area is 108 Å². The van der Waals surface area contributed by atoms with Crippen LogP contribution in [0.1, 0.15) is 0 Å². The van der Waals surface area contributed by atoms with Crippen molar-refractivity contribution < 1.29 is 24.0 Å². The lowest BCUT2D eigenvalue weighted by atomic mass is 10.2. The summed E-state index contributed by atoms with van der Waals surface area (Å²) in [4.78, 5) is 22.1. The number of benzene rings is 1. The van der Waals surface area contributed by atoms with E-state index in [0.717, 1.165) is 12.1 Å². The maximum absolute atomic E-state index is 13.0. The van der Waals surface area contributed by atoms with Gasteiger partial charge in [0.25, 0.3) is 5.69 Å². The summed E-state index contributed by atoms with van der Waals surface area (Å²) in [6.07, 6.45) is 0. The Hall–Kier alpha value is -2.22. The smallest absolute Gasteiger partial charge is 0.323 e. The monoisotopic (exact) mass is 272 g/mol. The number of carbonyl (C=O) groups is 1. The predicted octanol–water partition coefficient (Wildman–Crippen LogP) is 1.27. The van der Waals surface area contributed by atoms with E-state index in [-0.39, 0.29) is 18.8 Å². The van der Waals surface area contributed by atoms with Gasteiger partial charge in [0.2, 0.25) is 0 Å². The molecule has 0 aliphatic heterocycles. The van der Waals surface area contributed by atoms with Crippen molar-refractivity contribution in [1.82, 2.24) is 0 Å². The van der Waals surface area contributed by atoms with E-state index >= 15 is 0 Å². The van der Waals surface area contributed by atoms with E-state index in [1.54, 1.807) is 0 Å². The number of ether oxygens (including phenoxy) is 1. The third-order valence-electron chi connectivity index (χ3n) is 2.37. The fourth-order valence-electron chi connectivity index (χ4n) is 1.56. The number of carboxylic acid groups (broad SMARTS) is 1. The van der Waals surface area contributed by atoms with Crippen molar-refractivity contribution in [3.8, 4) is 0 Å². The summed E-state index contributed by atoms with van der Waals surface area (Å²) in [5.74, 6) is -1.90. The molecule has 0 bridgehead atoms. The Morgan fingerprint density at radius 1 is 1.58 bits per heavy atom. The fourth-order valence-corrected chi connectivity index (χ4v) is 1.56. The maximum Gasteiger partial charge on any atom is 0.323 e. The Morgan fingerprint density at radius 2 is 2.26 bits per heavy atom. The zero-order chi connectivity index (χ0) is 14.4. The number of anilines is 1. The molecule has 0 saturated carbocycles. The predicted molar refractivity (Wildman–Crippen MR) is 64.8 cm³/mol. The van der Waals surface area contributed by atoms with E-state index in [1.165, 1.54) is 18.1 Å². The number of methoxy groups -OCH3 is 1. The standard InChI is InChI=1S/C11H13FN2O5/c1-19-5-4-13(7-11(15)16)9-3-2-8(12)6-10(9)14(17)18/h2-3,6H,4-5,7H2,1H3,(H,15,16). The second kappa shape index (κ2) is 6.64. The molecule has 0 amide bonds. The van der Waals surface area contributed by atoms with Crippen molar-refractivity contribution in [3.05, 3.63) is 34.1 Å². The van der Waals surface area contributed by atoms with Crippen LogP contribution in [-0.2, 0) is 9.53 Å². The summed E-state index contributed by atoms with van der Waals surface area (Å²) < 4.78 is 17.8. The number of rotatable bonds is 7. The van der Waals surface area contributed by atoms with E-state index in [0.29, 0.717) is 0 Å².